The maximum atomic E-state index is 6.42. The average molecular weight is 349 g/mol. The molecule has 1 aliphatic heterocycles. The molecule has 3 rings (SSSR count). The van der Waals surface area contributed by atoms with Gasteiger partial charge in [-0.1, -0.05) is 44.0 Å². The molecule has 1 fully saturated rings. The molecular weight excluding hydrogens is 324 g/mol. The van der Waals surface area contributed by atoms with Gasteiger partial charge in [-0.05, 0) is 30.0 Å². The SMILES string of the molecule is CCC(C)C1COC(CCc2ccc(Cl)cc2)(Cn2ccnc2)O1. The van der Waals surface area contributed by atoms with E-state index in [-0.39, 0.29) is 6.10 Å². The second-order valence-corrected chi connectivity index (χ2v) is 7.06. The van der Waals surface area contributed by atoms with Crippen LogP contribution in [0.25, 0.3) is 0 Å². The Morgan fingerprint density at radius 1 is 1.38 bits per heavy atom. The van der Waals surface area contributed by atoms with Crippen LogP contribution in [0.2, 0.25) is 5.02 Å². The van der Waals surface area contributed by atoms with Gasteiger partial charge in [0, 0.05) is 23.8 Å². The van der Waals surface area contributed by atoms with Crippen molar-refractivity contribution < 1.29 is 9.47 Å². The Balaban J connectivity index is 1.71. The molecular formula is C19H25ClN2O2. The number of rotatable bonds is 7. The lowest BCUT2D eigenvalue weighted by Gasteiger charge is -2.29. The third kappa shape index (κ3) is 4.18. The van der Waals surface area contributed by atoms with Gasteiger partial charge in [0.2, 0.25) is 0 Å². The van der Waals surface area contributed by atoms with E-state index in [1.165, 1.54) is 5.56 Å². The summed E-state index contributed by atoms with van der Waals surface area (Å²) in [5, 5.41) is 0.761. The van der Waals surface area contributed by atoms with Crippen LogP contribution < -0.4 is 0 Å². The minimum absolute atomic E-state index is 0.156. The van der Waals surface area contributed by atoms with Crippen molar-refractivity contribution in [3.05, 3.63) is 53.6 Å². The molecule has 2 aromatic rings. The first-order chi connectivity index (χ1) is 11.6. The van der Waals surface area contributed by atoms with E-state index in [1.54, 1.807) is 6.20 Å². The molecule has 0 N–H and O–H groups in total. The Morgan fingerprint density at radius 3 is 2.83 bits per heavy atom. The average Bonchev–Trinajstić information content (AvgIpc) is 3.24. The predicted octanol–water partition coefficient (Wildman–Crippen LogP) is 4.33. The summed E-state index contributed by atoms with van der Waals surface area (Å²) in [4.78, 5) is 4.13. The summed E-state index contributed by atoms with van der Waals surface area (Å²) in [6.07, 6.45) is 8.49. The van der Waals surface area contributed by atoms with Crippen LogP contribution in [-0.2, 0) is 22.4 Å². The quantitative estimate of drug-likeness (QED) is 0.747. The molecule has 24 heavy (non-hydrogen) atoms. The van der Waals surface area contributed by atoms with Crippen LogP contribution in [-0.4, -0.2) is 28.0 Å². The summed E-state index contributed by atoms with van der Waals surface area (Å²) in [5.74, 6) is -0.0979. The number of hydrogen-bond acceptors (Lipinski definition) is 3. The van der Waals surface area contributed by atoms with E-state index >= 15 is 0 Å². The van der Waals surface area contributed by atoms with Crippen LogP contribution in [0.5, 0.6) is 0 Å². The molecule has 0 bridgehead atoms. The number of aryl methyl sites for hydroxylation is 1. The molecule has 130 valence electrons. The fourth-order valence-electron chi connectivity index (χ4n) is 3.06. The first kappa shape index (κ1) is 17.5. The number of imidazole rings is 1. The van der Waals surface area contributed by atoms with E-state index in [4.69, 9.17) is 21.1 Å². The van der Waals surface area contributed by atoms with Crippen molar-refractivity contribution in [2.24, 2.45) is 5.92 Å². The Hall–Kier alpha value is -1.36. The number of nitrogens with zero attached hydrogens (tertiary/aromatic N) is 2. The van der Waals surface area contributed by atoms with Gasteiger partial charge in [0.05, 0.1) is 25.6 Å². The van der Waals surface area contributed by atoms with Gasteiger partial charge < -0.3 is 14.0 Å². The molecule has 1 saturated heterocycles. The lowest BCUT2D eigenvalue weighted by atomic mass is 10.0. The second-order valence-electron chi connectivity index (χ2n) is 6.63. The van der Waals surface area contributed by atoms with Crippen molar-refractivity contribution in [2.45, 2.75) is 51.5 Å². The molecule has 0 aliphatic carbocycles. The van der Waals surface area contributed by atoms with Gasteiger partial charge in [-0.3, -0.25) is 0 Å². The van der Waals surface area contributed by atoms with Gasteiger partial charge in [0.15, 0.2) is 5.79 Å². The molecule has 3 atom stereocenters. The van der Waals surface area contributed by atoms with Crippen molar-refractivity contribution in [1.29, 1.82) is 0 Å². The molecule has 0 radical (unpaired) electrons. The normalized spacial score (nSPS) is 25.0. The standard InChI is InChI=1S/C19H25ClN2O2/c1-3-15(2)18-12-23-19(24-18,13-22-11-10-21-14-22)9-8-16-4-6-17(20)7-5-16/h4-7,10-11,14-15,18H,3,8-9,12-13H2,1-2H3. The lowest BCUT2D eigenvalue weighted by Crippen LogP contribution is -2.37. The van der Waals surface area contributed by atoms with Gasteiger partial charge in [-0.2, -0.15) is 0 Å². The third-order valence-corrected chi connectivity index (χ3v) is 5.10. The Kier molecular flexibility index (Phi) is 5.59. The first-order valence-corrected chi connectivity index (χ1v) is 9.00. The summed E-state index contributed by atoms with van der Waals surface area (Å²) in [7, 11) is 0. The predicted molar refractivity (Wildman–Crippen MR) is 95.0 cm³/mol. The number of halogens is 1. The Labute approximate surface area is 148 Å². The highest BCUT2D eigenvalue weighted by atomic mass is 35.5. The molecule has 1 aromatic carbocycles. The fraction of sp³-hybridized carbons (Fsp3) is 0.526. The van der Waals surface area contributed by atoms with Crippen molar-refractivity contribution in [2.75, 3.05) is 6.61 Å². The van der Waals surface area contributed by atoms with E-state index < -0.39 is 5.79 Å². The summed E-state index contributed by atoms with van der Waals surface area (Å²) < 4.78 is 14.7. The van der Waals surface area contributed by atoms with Crippen molar-refractivity contribution in [1.82, 2.24) is 9.55 Å². The van der Waals surface area contributed by atoms with Crippen molar-refractivity contribution >= 4 is 11.6 Å². The van der Waals surface area contributed by atoms with Crippen molar-refractivity contribution in [3.63, 3.8) is 0 Å². The minimum Gasteiger partial charge on any atom is -0.345 e. The molecule has 1 aromatic heterocycles. The Bertz CT molecular complexity index is 629. The summed E-state index contributed by atoms with van der Waals surface area (Å²) in [5.41, 5.74) is 1.24. The van der Waals surface area contributed by atoms with E-state index in [1.807, 2.05) is 29.2 Å². The van der Waals surface area contributed by atoms with Gasteiger partial charge in [-0.15, -0.1) is 0 Å². The van der Waals surface area contributed by atoms with Crippen LogP contribution in [0.15, 0.2) is 43.0 Å². The molecule has 0 saturated carbocycles. The number of hydrogen-bond donors (Lipinski definition) is 0. The van der Waals surface area contributed by atoms with E-state index in [2.05, 4.69) is 31.0 Å². The Morgan fingerprint density at radius 2 is 2.17 bits per heavy atom. The van der Waals surface area contributed by atoms with E-state index in [0.29, 0.717) is 19.1 Å². The van der Waals surface area contributed by atoms with Crippen LogP contribution in [0, 0.1) is 5.92 Å². The minimum atomic E-state index is -0.589. The highest BCUT2D eigenvalue weighted by Crippen LogP contribution is 2.34. The van der Waals surface area contributed by atoms with Crippen LogP contribution >= 0.6 is 11.6 Å². The third-order valence-electron chi connectivity index (χ3n) is 4.85. The highest BCUT2D eigenvalue weighted by Gasteiger charge is 2.42. The molecule has 2 heterocycles. The van der Waals surface area contributed by atoms with E-state index in [0.717, 1.165) is 24.3 Å². The molecule has 0 spiro atoms. The van der Waals surface area contributed by atoms with Crippen LogP contribution in [0.4, 0.5) is 0 Å². The maximum Gasteiger partial charge on any atom is 0.187 e. The zero-order chi connectivity index (χ0) is 17.0. The smallest absolute Gasteiger partial charge is 0.187 e. The zero-order valence-corrected chi connectivity index (χ0v) is 15.1. The molecule has 0 amide bonds. The molecule has 4 nitrogen and oxygen atoms in total. The number of benzene rings is 1. The summed E-state index contributed by atoms with van der Waals surface area (Å²) in [6.45, 7) is 5.73. The topological polar surface area (TPSA) is 36.3 Å². The monoisotopic (exact) mass is 348 g/mol. The van der Waals surface area contributed by atoms with E-state index in [9.17, 15) is 0 Å². The summed E-state index contributed by atoms with van der Waals surface area (Å²) >= 11 is 5.97. The zero-order valence-electron chi connectivity index (χ0n) is 14.3. The van der Waals surface area contributed by atoms with Gasteiger partial charge >= 0.3 is 0 Å². The lowest BCUT2D eigenvalue weighted by molar-refractivity contribution is -0.186. The second kappa shape index (κ2) is 7.68. The largest absolute Gasteiger partial charge is 0.345 e. The van der Waals surface area contributed by atoms with Gasteiger partial charge in [0.1, 0.15) is 0 Å². The first-order valence-electron chi connectivity index (χ1n) is 8.62. The fourth-order valence-corrected chi connectivity index (χ4v) is 3.18. The van der Waals surface area contributed by atoms with Crippen LogP contribution in [0.3, 0.4) is 0 Å². The summed E-state index contributed by atoms with van der Waals surface area (Å²) in [6, 6.07) is 7.98. The maximum absolute atomic E-state index is 6.42. The number of aromatic nitrogens is 2. The van der Waals surface area contributed by atoms with Gasteiger partial charge in [-0.25, -0.2) is 4.98 Å². The highest BCUT2D eigenvalue weighted by molar-refractivity contribution is 6.30. The van der Waals surface area contributed by atoms with Crippen LogP contribution in [0.1, 0.15) is 32.3 Å². The molecule has 5 heteroatoms. The molecule has 1 aliphatic rings. The number of ether oxygens (including phenoxy) is 2. The van der Waals surface area contributed by atoms with Gasteiger partial charge in [0.25, 0.3) is 0 Å². The van der Waals surface area contributed by atoms with Crippen molar-refractivity contribution in [3.8, 4) is 0 Å². The molecule has 3 unspecified atom stereocenters.